The van der Waals surface area contributed by atoms with Crippen molar-refractivity contribution in [1.82, 2.24) is 10.6 Å². The Hall–Kier alpha value is -1.26. The van der Waals surface area contributed by atoms with Crippen LogP contribution in [0.2, 0.25) is 0 Å². The van der Waals surface area contributed by atoms with Crippen LogP contribution in [0.3, 0.4) is 0 Å². The van der Waals surface area contributed by atoms with Crippen LogP contribution in [-0.2, 0) is 4.79 Å². The summed E-state index contributed by atoms with van der Waals surface area (Å²) in [5, 5.41) is 14.6. The molecule has 0 rings (SSSR count). The molecule has 3 N–H and O–H groups in total. The molecule has 0 aromatic heterocycles. The first-order chi connectivity index (χ1) is 9.61. The SMILES string of the molecule is CC(C)CCCCNC(=O)NCC(CC(C)(C)C)C(=O)O. The van der Waals surface area contributed by atoms with Gasteiger partial charge in [0, 0.05) is 13.1 Å². The van der Waals surface area contributed by atoms with Crippen LogP contribution in [0.4, 0.5) is 4.79 Å². The highest BCUT2D eigenvalue weighted by molar-refractivity contribution is 5.75. The van der Waals surface area contributed by atoms with Crippen molar-refractivity contribution >= 4 is 12.0 Å². The van der Waals surface area contributed by atoms with E-state index in [1.54, 1.807) is 0 Å². The van der Waals surface area contributed by atoms with Gasteiger partial charge in [-0.15, -0.1) is 0 Å². The summed E-state index contributed by atoms with van der Waals surface area (Å²) >= 11 is 0. The topological polar surface area (TPSA) is 78.4 Å². The first-order valence-electron chi connectivity index (χ1n) is 7.86. The molecule has 0 aliphatic rings. The lowest BCUT2D eigenvalue weighted by atomic mass is 9.84. The van der Waals surface area contributed by atoms with E-state index in [2.05, 4.69) is 24.5 Å². The fourth-order valence-corrected chi connectivity index (χ4v) is 2.14. The zero-order valence-electron chi connectivity index (χ0n) is 14.2. The smallest absolute Gasteiger partial charge is 0.314 e. The molecule has 0 aromatic rings. The van der Waals surface area contributed by atoms with E-state index in [1.165, 1.54) is 0 Å². The lowest BCUT2D eigenvalue weighted by Gasteiger charge is -2.23. The Morgan fingerprint density at radius 2 is 1.71 bits per heavy atom. The number of aliphatic carboxylic acids is 1. The van der Waals surface area contributed by atoms with Crippen LogP contribution in [0.25, 0.3) is 0 Å². The van der Waals surface area contributed by atoms with E-state index in [-0.39, 0.29) is 18.0 Å². The highest BCUT2D eigenvalue weighted by Crippen LogP contribution is 2.24. The van der Waals surface area contributed by atoms with Gasteiger partial charge < -0.3 is 15.7 Å². The Kier molecular flexibility index (Phi) is 9.06. The van der Waals surface area contributed by atoms with E-state index in [0.717, 1.165) is 19.3 Å². The molecule has 5 nitrogen and oxygen atoms in total. The maximum absolute atomic E-state index is 11.6. The number of hydrogen-bond acceptors (Lipinski definition) is 2. The highest BCUT2D eigenvalue weighted by Gasteiger charge is 2.24. The van der Waals surface area contributed by atoms with Gasteiger partial charge in [0.15, 0.2) is 0 Å². The first kappa shape index (κ1) is 19.7. The van der Waals surface area contributed by atoms with E-state index < -0.39 is 11.9 Å². The fraction of sp³-hybridized carbons (Fsp3) is 0.875. The molecule has 0 radical (unpaired) electrons. The second-order valence-electron chi connectivity index (χ2n) is 7.33. The van der Waals surface area contributed by atoms with Crippen molar-refractivity contribution in [2.24, 2.45) is 17.3 Å². The van der Waals surface area contributed by atoms with Gasteiger partial charge in [0.05, 0.1) is 5.92 Å². The minimum Gasteiger partial charge on any atom is -0.481 e. The average molecular weight is 300 g/mol. The van der Waals surface area contributed by atoms with Gasteiger partial charge in [0.1, 0.15) is 0 Å². The Balaban J connectivity index is 3.90. The maximum Gasteiger partial charge on any atom is 0.314 e. The molecule has 0 aliphatic carbocycles. The lowest BCUT2D eigenvalue weighted by Crippen LogP contribution is -2.41. The second kappa shape index (κ2) is 9.64. The molecule has 124 valence electrons. The third-order valence-corrected chi connectivity index (χ3v) is 3.21. The standard InChI is InChI=1S/C16H32N2O3/c1-12(2)8-6-7-9-17-15(21)18-11-13(14(19)20)10-16(3,4)5/h12-13H,6-11H2,1-5H3,(H,19,20)(H2,17,18,21). The number of urea groups is 1. The maximum atomic E-state index is 11.6. The van der Waals surface area contributed by atoms with E-state index >= 15 is 0 Å². The Bertz CT molecular complexity index is 322. The summed E-state index contributed by atoms with van der Waals surface area (Å²) in [5.74, 6) is -0.716. The number of carbonyl (C=O) groups is 2. The molecule has 0 heterocycles. The fourth-order valence-electron chi connectivity index (χ4n) is 2.14. The lowest BCUT2D eigenvalue weighted by molar-refractivity contribution is -0.142. The van der Waals surface area contributed by atoms with Crippen molar-refractivity contribution in [3.05, 3.63) is 0 Å². The second-order valence-corrected chi connectivity index (χ2v) is 7.33. The van der Waals surface area contributed by atoms with Gasteiger partial charge in [-0.1, -0.05) is 47.5 Å². The molecule has 0 bridgehead atoms. The largest absolute Gasteiger partial charge is 0.481 e. The molecule has 1 atom stereocenters. The molecule has 0 aromatic carbocycles. The monoisotopic (exact) mass is 300 g/mol. The molecule has 0 saturated heterocycles. The predicted octanol–water partition coefficient (Wildman–Crippen LogP) is 3.25. The average Bonchev–Trinajstić information content (AvgIpc) is 2.32. The molecular weight excluding hydrogens is 268 g/mol. The van der Waals surface area contributed by atoms with Crippen molar-refractivity contribution < 1.29 is 14.7 Å². The molecule has 0 saturated carbocycles. The zero-order valence-corrected chi connectivity index (χ0v) is 14.2. The number of carboxylic acid groups (broad SMARTS) is 1. The number of nitrogens with one attached hydrogen (secondary N) is 2. The van der Waals surface area contributed by atoms with Crippen molar-refractivity contribution in [3.63, 3.8) is 0 Å². The van der Waals surface area contributed by atoms with Gasteiger partial charge in [0.25, 0.3) is 0 Å². The van der Waals surface area contributed by atoms with Crippen molar-refractivity contribution in [2.75, 3.05) is 13.1 Å². The minimum atomic E-state index is -0.859. The van der Waals surface area contributed by atoms with Crippen LogP contribution in [0.5, 0.6) is 0 Å². The van der Waals surface area contributed by atoms with Crippen molar-refractivity contribution in [1.29, 1.82) is 0 Å². The molecule has 2 amide bonds. The molecule has 1 unspecified atom stereocenters. The molecule has 0 spiro atoms. The first-order valence-corrected chi connectivity index (χ1v) is 7.86. The van der Waals surface area contributed by atoms with Gasteiger partial charge >= 0.3 is 12.0 Å². The minimum absolute atomic E-state index is 0.0714. The molecule has 21 heavy (non-hydrogen) atoms. The number of amides is 2. The summed E-state index contributed by atoms with van der Waals surface area (Å²) in [7, 11) is 0. The van der Waals surface area contributed by atoms with Crippen LogP contribution >= 0.6 is 0 Å². The quantitative estimate of drug-likeness (QED) is 0.572. The number of carbonyl (C=O) groups excluding carboxylic acids is 1. The molecule has 5 heteroatoms. The van der Waals surface area contributed by atoms with Crippen molar-refractivity contribution in [2.45, 2.75) is 60.3 Å². The normalized spacial score (nSPS) is 13.0. The zero-order chi connectivity index (χ0) is 16.5. The van der Waals surface area contributed by atoms with Crippen LogP contribution in [0, 0.1) is 17.3 Å². The third kappa shape index (κ3) is 12.2. The van der Waals surface area contributed by atoms with E-state index in [9.17, 15) is 14.7 Å². The number of unbranched alkanes of at least 4 members (excludes halogenated alkanes) is 1. The van der Waals surface area contributed by atoms with Crippen LogP contribution in [-0.4, -0.2) is 30.2 Å². The van der Waals surface area contributed by atoms with Crippen molar-refractivity contribution in [3.8, 4) is 0 Å². The van der Waals surface area contributed by atoms with Gasteiger partial charge in [-0.2, -0.15) is 0 Å². The Morgan fingerprint density at radius 3 is 2.19 bits per heavy atom. The molecule has 0 aliphatic heterocycles. The summed E-state index contributed by atoms with van der Waals surface area (Å²) in [6.07, 6.45) is 3.75. The Morgan fingerprint density at radius 1 is 1.10 bits per heavy atom. The predicted molar refractivity (Wildman–Crippen MR) is 85.3 cm³/mol. The number of rotatable bonds is 9. The summed E-state index contributed by atoms with van der Waals surface area (Å²) in [4.78, 5) is 22.8. The number of carboxylic acids is 1. The summed E-state index contributed by atoms with van der Waals surface area (Å²) in [5.41, 5.74) is -0.0714. The summed E-state index contributed by atoms with van der Waals surface area (Å²) < 4.78 is 0. The van der Waals surface area contributed by atoms with Gasteiger partial charge in [-0.3, -0.25) is 4.79 Å². The van der Waals surface area contributed by atoms with Crippen LogP contribution in [0.15, 0.2) is 0 Å². The van der Waals surface area contributed by atoms with Gasteiger partial charge in [0.2, 0.25) is 0 Å². The third-order valence-electron chi connectivity index (χ3n) is 3.21. The van der Waals surface area contributed by atoms with E-state index in [4.69, 9.17) is 0 Å². The number of hydrogen-bond donors (Lipinski definition) is 3. The van der Waals surface area contributed by atoms with E-state index in [1.807, 2.05) is 20.8 Å². The summed E-state index contributed by atoms with van der Waals surface area (Å²) in [6.45, 7) is 11.2. The van der Waals surface area contributed by atoms with Gasteiger partial charge in [-0.25, -0.2) is 4.79 Å². The van der Waals surface area contributed by atoms with Gasteiger partial charge in [-0.05, 0) is 24.2 Å². The Labute approximate surface area is 128 Å². The summed E-state index contributed by atoms with van der Waals surface area (Å²) in [6, 6.07) is -0.278. The highest BCUT2D eigenvalue weighted by atomic mass is 16.4. The van der Waals surface area contributed by atoms with Crippen LogP contribution in [0.1, 0.15) is 60.3 Å². The molecule has 0 fully saturated rings. The van der Waals surface area contributed by atoms with Crippen LogP contribution < -0.4 is 10.6 Å². The molecular formula is C16H32N2O3. The van der Waals surface area contributed by atoms with E-state index in [0.29, 0.717) is 18.9 Å².